The van der Waals surface area contributed by atoms with E-state index in [4.69, 9.17) is 0 Å². The molecule has 0 atom stereocenters. The zero-order chi connectivity index (χ0) is 10.8. The van der Waals surface area contributed by atoms with Crippen molar-refractivity contribution in [1.29, 1.82) is 0 Å². The van der Waals surface area contributed by atoms with Gasteiger partial charge < -0.3 is 5.32 Å². The highest BCUT2D eigenvalue weighted by molar-refractivity contribution is 5.85. The predicted molar refractivity (Wildman–Crippen MR) is 78.9 cm³/mol. The van der Waals surface area contributed by atoms with E-state index in [0.29, 0.717) is 5.92 Å². The van der Waals surface area contributed by atoms with Gasteiger partial charge in [0.15, 0.2) is 0 Å². The SMILES string of the molecule is Cl.Cl.c1ccc2nnc(C3CCNCC3)cc2c1. The molecule has 0 bridgehead atoms. The zero-order valence-corrected chi connectivity index (χ0v) is 11.6. The summed E-state index contributed by atoms with van der Waals surface area (Å²) in [4.78, 5) is 0. The van der Waals surface area contributed by atoms with Crippen LogP contribution < -0.4 is 5.32 Å². The number of rotatable bonds is 1. The number of nitrogens with zero attached hydrogens (tertiary/aromatic N) is 2. The first-order valence-corrected chi connectivity index (χ1v) is 5.86. The van der Waals surface area contributed by atoms with Crippen LogP contribution in [0.5, 0.6) is 0 Å². The first-order valence-electron chi connectivity index (χ1n) is 5.86. The van der Waals surface area contributed by atoms with Gasteiger partial charge in [-0.2, -0.15) is 10.2 Å². The third-order valence-electron chi connectivity index (χ3n) is 3.27. The number of aromatic nitrogens is 2. The fourth-order valence-electron chi connectivity index (χ4n) is 2.32. The molecule has 1 aromatic carbocycles. The molecule has 2 heterocycles. The maximum Gasteiger partial charge on any atom is 0.0929 e. The highest BCUT2D eigenvalue weighted by atomic mass is 35.5. The Morgan fingerprint density at radius 1 is 1.00 bits per heavy atom. The molecule has 1 fully saturated rings. The van der Waals surface area contributed by atoms with Crippen LogP contribution in [0.15, 0.2) is 30.3 Å². The van der Waals surface area contributed by atoms with Gasteiger partial charge in [0, 0.05) is 11.3 Å². The molecular formula is C13H17Cl2N3. The largest absolute Gasteiger partial charge is 0.317 e. The summed E-state index contributed by atoms with van der Waals surface area (Å²) >= 11 is 0. The molecule has 5 heteroatoms. The second kappa shape index (κ2) is 6.88. The Kier molecular flexibility index (Phi) is 5.79. The monoisotopic (exact) mass is 285 g/mol. The van der Waals surface area contributed by atoms with Gasteiger partial charge >= 0.3 is 0 Å². The van der Waals surface area contributed by atoms with Gasteiger partial charge in [0.2, 0.25) is 0 Å². The number of piperidine rings is 1. The standard InChI is InChI=1S/C13H15N3.2ClH/c1-2-4-12-11(3-1)9-13(16-15-12)10-5-7-14-8-6-10;;/h1-4,9-10,14H,5-8H2;2*1H. The van der Waals surface area contributed by atoms with Crippen LogP contribution in [0.1, 0.15) is 24.5 Å². The summed E-state index contributed by atoms with van der Waals surface area (Å²) in [6.07, 6.45) is 2.35. The lowest BCUT2D eigenvalue weighted by atomic mass is 9.94. The highest BCUT2D eigenvalue weighted by Gasteiger charge is 2.16. The van der Waals surface area contributed by atoms with Crippen LogP contribution in [0, 0.1) is 0 Å². The predicted octanol–water partition coefficient (Wildman–Crippen LogP) is 2.94. The average Bonchev–Trinajstić information content (AvgIpc) is 2.39. The van der Waals surface area contributed by atoms with Crippen LogP contribution in [-0.4, -0.2) is 23.3 Å². The van der Waals surface area contributed by atoms with Crippen molar-refractivity contribution in [3.8, 4) is 0 Å². The summed E-state index contributed by atoms with van der Waals surface area (Å²) < 4.78 is 0. The Hall–Kier alpha value is -0.900. The van der Waals surface area contributed by atoms with E-state index in [2.05, 4.69) is 33.7 Å². The minimum atomic E-state index is 0. The van der Waals surface area contributed by atoms with Gasteiger partial charge in [-0.15, -0.1) is 24.8 Å². The van der Waals surface area contributed by atoms with Crippen LogP contribution in [-0.2, 0) is 0 Å². The minimum absolute atomic E-state index is 0. The van der Waals surface area contributed by atoms with Gasteiger partial charge in [-0.05, 0) is 38.1 Å². The maximum absolute atomic E-state index is 4.35. The van der Waals surface area contributed by atoms with Gasteiger partial charge in [0.05, 0.1) is 11.2 Å². The van der Waals surface area contributed by atoms with Crippen molar-refractivity contribution in [2.75, 3.05) is 13.1 Å². The molecule has 0 aliphatic carbocycles. The zero-order valence-electron chi connectivity index (χ0n) is 10.0. The molecule has 18 heavy (non-hydrogen) atoms. The normalized spacial score (nSPS) is 15.8. The fraction of sp³-hybridized carbons (Fsp3) is 0.385. The summed E-state index contributed by atoms with van der Waals surface area (Å²) in [7, 11) is 0. The van der Waals surface area contributed by atoms with E-state index in [1.807, 2.05) is 12.1 Å². The van der Waals surface area contributed by atoms with Crippen LogP contribution in [0.3, 0.4) is 0 Å². The van der Waals surface area contributed by atoms with Gasteiger partial charge in [0.25, 0.3) is 0 Å². The molecule has 1 N–H and O–H groups in total. The van der Waals surface area contributed by atoms with Gasteiger partial charge in [-0.3, -0.25) is 0 Å². The summed E-state index contributed by atoms with van der Waals surface area (Å²) in [6, 6.07) is 10.4. The number of benzene rings is 1. The van der Waals surface area contributed by atoms with Crippen LogP contribution in [0.25, 0.3) is 10.9 Å². The molecule has 3 rings (SSSR count). The Labute approximate surface area is 119 Å². The summed E-state index contributed by atoms with van der Waals surface area (Å²) in [5, 5.41) is 13.2. The molecule has 0 spiro atoms. The maximum atomic E-state index is 4.35. The topological polar surface area (TPSA) is 37.8 Å². The number of halogens is 2. The number of nitrogens with one attached hydrogen (secondary N) is 1. The van der Waals surface area contributed by atoms with E-state index in [0.717, 1.165) is 24.3 Å². The first kappa shape index (κ1) is 15.2. The van der Waals surface area contributed by atoms with Crippen molar-refractivity contribution in [3.63, 3.8) is 0 Å². The molecule has 98 valence electrons. The molecule has 2 aromatic rings. The van der Waals surface area contributed by atoms with Crippen molar-refractivity contribution >= 4 is 35.7 Å². The van der Waals surface area contributed by atoms with E-state index >= 15 is 0 Å². The highest BCUT2D eigenvalue weighted by Crippen LogP contribution is 2.24. The Morgan fingerprint density at radius 2 is 1.72 bits per heavy atom. The fourth-order valence-corrected chi connectivity index (χ4v) is 2.32. The molecule has 0 radical (unpaired) electrons. The van der Waals surface area contributed by atoms with E-state index in [1.165, 1.54) is 18.2 Å². The van der Waals surface area contributed by atoms with Crippen molar-refractivity contribution in [1.82, 2.24) is 15.5 Å². The van der Waals surface area contributed by atoms with E-state index in [-0.39, 0.29) is 24.8 Å². The Morgan fingerprint density at radius 3 is 2.50 bits per heavy atom. The third-order valence-corrected chi connectivity index (χ3v) is 3.27. The molecular weight excluding hydrogens is 269 g/mol. The molecule has 1 saturated heterocycles. The Balaban J connectivity index is 0.000000810. The van der Waals surface area contributed by atoms with E-state index in [1.54, 1.807) is 0 Å². The van der Waals surface area contributed by atoms with Crippen LogP contribution >= 0.6 is 24.8 Å². The van der Waals surface area contributed by atoms with Crippen molar-refractivity contribution in [3.05, 3.63) is 36.0 Å². The average molecular weight is 286 g/mol. The molecule has 1 aliphatic rings. The molecule has 0 saturated carbocycles. The summed E-state index contributed by atoms with van der Waals surface area (Å²) in [6.45, 7) is 2.19. The van der Waals surface area contributed by atoms with Crippen molar-refractivity contribution < 1.29 is 0 Å². The second-order valence-corrected chi connectivity index (χ2v) is 4.35. The third kappa shape index (κ3) is 3.10. The van der Waals surface area contributed by atoms with Gasteiger partial charge in [-0.1, -0.05) is 18.2 Å². The minimum Gasteiger partial charge on any atom is -0.317 e. The molecule has 0 unspecified atom stereocenters. The van der Waals surface area contributed by atoms with Crippen molar-refractivity contribution in [2.24, 2.45) is 0 Å². The van der Waals surface area contributed by atoms with Crippen LogP contribution in [0.4, 0.5) is 0 Å². The molecule has 1 aliphatic heterocycles. The van der Waals surface area contributed by atoms with Crippen LogP contribution in [0.2, 0.25) is 0 Å². The summed E-state index contributed by atoms with van der Waals surface area (Å²) in [5.74, 6) is 0.582. The number of fused-ring (bicyclic) bond motifs is 1. The van der Waals surface area contributed by atoms with E-state index < -0.39 is 0 Å². The number of hydrogen-bond donors (Lipinski definition) is 1. The van der Waals surface area contributed by atoms with Crippen molar-refractivity contribution in [2.45, 2.75) is 18.8 Å². The first-order chi connectivity index (χ1) is 7.93. The smallest absolute Gasteiger partial charge is 0.0929 e. The Bertz CT molecular complexity index is 498. The lowest BCUT2D eigenvalue weighted by molar-refractivity contribution is 0.451. The second-order valence-electron chi connectivity index (χ2n) is 4.35. The van der Waals surface area contributed by atoms with Gasteiger partial charge in [0.1, 0.15) is 0 Å². The van der Waals surface area contributed by atoms with E-state index in [9.17, 15) is 0 Å². The number of hydrogen-bond acceptors (Lipinski definition) is 3. The lowest BCUT2D eigenvalue weighted by Crippen LogP contribution is -2.27. The summed E-state index contributed by atoms with van der Waals surface area (Å²) in [5.41, 5.74) is 2.14. The molecule has 1 aromatic heterocycles. The molecule has 0 amide bonds. The molecule has 3 nitrogen and oxygen atoms in total. The van der Waals surface area contributed by atoms with Gasteiger partial charge in [-0.25, -0.2) is 0 Å². The quantitative estimate of drug-likeness (QED) is 0.876. The lowest BCUT2D eigenvalue weighted by Gasteiger charge is -2.21.